The molecule has 0 aromatic heterocycles. The van der Waals surface area contributed by atoms with Crippen LogP contribution in [0.25, 0.3) is 59.9 Å². The molecule has 2 nitrogen and oxygen atoms in total. The standard InChI is InChI=1S/C47H34N2/c1-2-31-30-45(34-15-7-4-8-16-34)48-47(38-23-25-40-37(29-38)22-27-42-39-18-10-9-14-33(39)20-26-43(40)42)49-46(31)44-19-11-17-36-28-35(21-24-41(36)44)32-12-5-3-6-13-32/h3-29H,2,30H2,1H3. The number of aliphatic imine (C=N–C) groups is 2. The first kappa shape index (κ1) is 29.1. The van der Waals surface area contributed by atoms with Crippen molar-refractivity contribution in [1.82, 2.24) is 0 Å². The summed E-state index contributed by atoms with van der Waals surface area (Å²) < 4.78 is 0. The van der Waals surface area contributed by atoms with Gasteiger partial charge in [0.05, 0.1) is 11.4 Å². The van der Waals surface area contributed by atoms with E-state index in [1.54, 1.807) is 0 Å². The van der Waals surface area contributed by atoms with Crippen molar-refractivity contribution < 1.29 is 0 Å². The van der Waals surface area contributed by atoms with E-state index in [1.165, 1.54) is 59.8 Å². The molecule has 232 valence electrons. The molecule has 0 saturated carbocycles. The van der Waals surface area contributed by atoms with Gasteiger partial charge in [0, 0.05) is 17.5 Å². The monoisotopic (exact) mass is 626 g/mol. The summed E-state index contributed by atoms with van der Waals surface area (Å²) in [6.45, 7) is 2.24. The molecule has 0 fully saturated rings. The van der Waals surface area contributed by atoms with Crippen molar-refractivity contribution in [3.63, 3.8) is 0 Å². The largest absolute Gasteiger partial charge is 0.232 e. The minimum atomic E-state index is 0.743. The van der Waals surface area contributed by atoms with Gasteiger partial charge >= 0.3 is 0 Å². The summed E-state index contributed by atoms with van der Waals surface area (Å²) in [7, 11) is 0. The van der Waals surface area contributed by atoms with E-state index in [1.807, 2.05) is 0 Å². The highest BCUT2D eigenvalue weighted by Gasteiger charge is 2.20. The quantitative estimate of drug-likeness (QED) is 0.170. The maximum atomic E-state index is 5.49. The van der Waals surface area contributed by atoms with Crippen LogP contribution in [-0.2, 0) is 0 Å². The maximum absolute atomic E-state index is 5.49. The van der Waals surface area contributed by atoms with E-state index in [2.05, 4.69) is 171 Å². The van der Waals surface area contributed by atoms with Crippen LogP contribution >= 0.6 is 0 Å². The summed E-state index contributed by atoms with van der Waals surface area (Å²) in [5, 5.41) is 9.91. The molecule has 2 heteroatoms. The number of amidine groups is 1. The predicted octanol–water partition coefficient (Wildman–Crippen LogP) is 12.4. The van der Waals surface area contributed by atoms with Crippen molar-refractivity contribution >= 4 is 60.3 Å². The molecule has 1 heterocycles. The first-order valence-corrected chi connectivity index (χ1v) is 17.1. The van der Waals surface area contributed by atoms with Gasteiger partial charge in [-0.3, -0.25) is 0 Å². The summed E-state index contributed by atoms with van der Waals surface area (Å²) >= 11 is 0. The maximum Gasteiger partial charge on any atom is 0.160 e. The molecule has 0 spiro atoms. The Labute approximate surface area is 286 Å². The zero-order chi connectivity index (χ0) is 32.7. The number of rotatable bonds is 5. The average molecular weight is 627 g/mol. The van der Waals surface area contributed by atoms with E-state index < -0.39 is 0 Å². The highest BCUT2D eigenvalue weighted by Crippen LogP contribution is 2.37. The van der Waals surface area contributed by atoms with Crippen LogP contribution in [0.15, 0.2) is 179 Å². The first-order chi connectivity index (χ1) is 24.2. The van der Waals surface area contributed by atoms with E-state index in [-0.39, 0.29) is 0 Å². The minimum absolute atomic E-state index is 0.743. The Hall–Kier alpha value is -6.12. The molecular formula is C47H34N2. The highest BCUT2D eigenvalue weighted by molar-refractivity contribution is 6.20. The van der Waals surface area contributed by atoms with Crippen molar-refractivity contribution in [2.24, 2.45) is 9.98 Å². The number of fused-ring (bicyclic) bond motifs is 6. The Balaban J connectivity index is 1.23. The molecule has 9 rings (SSSR count). The molecule has 0 saturated heterocycles. The van der Waals surface area contributed by atoms with Crippen molar-refractivity contribution in [3.8, 4) is 11.1 Å². The number of benzene rings is 8. The smallest absolute Gasteiger partial charge is 0.160 e. The third-order valence-electron chi connectivity index (χ3n) is 9.95. The van der Waals surface area contributed by atoms with Gasteiger partial charge in [0.1, 0.15) is 0 Å². The zero-order valence-corrected chi connectivity index (χ0v) is 27.4. The average Bonchev–Trinajstić information content (AvgIpc) is 3.38. The van der Waals surface area contributed by atoms with Gasteiger partial charge in [-0.15, -0.1) is 0 Å². The Morgan fingerprint density at radius 3 is 1.82 bits per heavy atom. The molecule has 0 unspecified atom stereocenters. The normalized spacial score (nSPS) is 13.6. The van der Waals surface area contributed by atoms with Crippen LogP contribution in [0.3, 0.4) is 0 Å². The summed E-state index contributed by atoms with van der Waals surface area (Å²) in [6.07, 6.45) is 1.63. The molecule has 0 atom stereocenters. The van der Waals surface area contributed by atoms with E-state index in [0.717, 1.165) is 46.8 Å². The Kier molecular flexibility index (Phi) is 7.21. The van der Waals surface area contributed by atoms with Gasteiger partial charge in [-0.05, 0) is 83.9 Å². The summed E-state index contributed by atoms with van der Waals surface area (Å²) in [4.78, 5) is 10.9. The van der Waals surface area contributed by atoms with Crippen LogP contribution in [0, 0.1) is 0 Å². The Morgan fingerprint density at radius 2 is 1.02 bits per heavy atom. The zero-order valence-electron chi connectivity index (χ0n) is 27.4. The molecule has 0 aliphatic carbocycles. The van der Waals surface area contributed by atoms with Crippen molar-refractivity contribution in [1.29, 1.82) is 0 Å². The number of hydrogen-bond acceptors (Lipinski definition) is 2. The lowest BCUT2D eigenvalue weighted by atomic mass is 9.93. The number of nitrogens with zero attached hydrogens (tertiary/aromatic N) is 2. The van der Waals surface area contributed by atoms with Gasteiger partial charge in [0.25, 0.3) is 0 Å². The van der Waals surface area contributed by atoms with Gasteiger partial charge in [-0.1, -0.05) is 159 Å². The molecule has 1 aliphatic rings. The fraction of sp³-hybridized carbons (Fsp3) is 0.0638. The predicted molar refractivity (Wildman–Crippen MR) is 210 cm³/mol. The molecule has 49 heavy (non-hydrogen) atoms. The van der Waals surface area contributed by atoms with Gasteiger partial charge in [0.15, 0.2) is 5.84 Å². The van der Waals surface area contributed by atoms with E-state index in [4.69, 9.17) is 9.98 Å². The van der Waals surface area contributed by atoms with Crippen LogP contribution in [0.2, 0.25) is 0 Å². The molecule has 1 aliphatic heterocycles. The molecule has 0 N–H and O–H groups in total. The third-order valence-corrected chi connectivity index (χ3v) is 9.95. The molecule has 8 aromatic rings. The van der Waals surface area contributed by atoms with Crippen molar-refractivity contribution in [3.05, 3.63) is 186 Å². The van der Waals surface area contributed by atoms with Crippen molar-refractivity contribution in [2.45, 2.75) is 19.8 Å². The van der Waals surface area contributed by atoms with Gasteiger partial charge in [-0.2, -0.15) is 0 Å². The fourth-order valence-electron chi connectivity index (χ4n) is 7.40. The highest BCUT2D eigenvalue weighted by atomic mass is 14.9. The van der Waals surface area contributed by atoms with Gasteiger partial charge < -0.3 is 0 Å². The molecule has 0 radical (unpaired) electrons. The van der Waals surface area contributed by atoms with Gasteiger partial charge in [-0.25, -0.2) is 9.98 Å². The number of allylic oxidation sites excluding steroid dienone is 1. The van der Waals surface area contributed by atoms with Crippen LogP contribution in [0.5, 0.6) is 0 Å². The molecule has 8 aromatic carbocycles. The molecule has 0 amide bonds. The molecular weight excluding hydrogens is 593 g/mol. The Morgan fingerprint density at radius 1 is 0.429 bits per heavy atom. The summed E-state index contributed by atoms with van der Waals surface area (Å²) in [5.74, 6) is 0.746. The molecule has 0 bridgehead atoms. The van der Waals surface area contributed by atoms with E-state index >= 15 is 0 Å². The topological polar surface area (TPSA) is 24.7 Å². The third kappa shape index (κ3) is 5.23. The lowest BCUT2D eigenvalue weighted by Crippen LogP contribution is -2.06. The second kappa shape index (κ2) is 12.2. The second-order valence-corrected chi connectivity index (χ2v) is 12.8. The summed E-state index contributed by atoms with van der Waals surface area (Å²) in [5.41, 5.74) is 9.08. The second-order valence-electron chi connectivity index (χ2n) is 12.8. The minimum Gasteiger partial charge on any atom is -0.232 e. The fourth-order valence-corrected chi connectivity index (χ4v) is 7.40. The van der Waals surface area contributed by atoms with Crippen LogP contribution < -0.4 is 0 Å². The van der Waals surface area contributed by atoms with Crippen molar-refractivity contribution in [2.75, 3.05) is 0 Å². The lowest BCUT2D eigenvalue weighted by Gasteiger charge is -2.14. The van der Waals surface area contributed by atoms with Crippen LogP contribution in [-0.4, -0.2) is 11.5 Å². The van der Waals surface area contributed by atoms with E-state index in [9.17, 15) is 0 Å². The number of hydrogen-bond donors (Lipinski definition) is 0. The Bertz CT molecular complexity index is 2640. The van der Waals surface area contributed by atoms with E-state index in [0.29, 0.717) is 0 Å². The lowest BCUT2D eigenvalue weighted by molar-refractivity contribution is 1.05. The first-order valence-electron chi connectivity index (χ1n) is 17.1. The van der Waals surface area contributed by atoms with Gasteiger partial charge in [0.2, 0.25) is 0 Å². The summed E-state index contributed by atoms with van der Waals surface area (Å²) in [6, 6.07) is 58.9. The SMILES string of the molecule is CCC1=C(c2cccc3cc(-c4ccccc4)ccc23)N=C(c2ccc3c(ccc4c5ccccc5ccc34)c2)N=C(c2ccccc2)C1. The van der Waals surface area contributed by atoms with Crippen LogP contribution in [0.4, 0.5) is 0 Å². The van der Waals surface area contributed by atoms with Crippen LogP contribution in [0.1, 0.15) is 36.5 Å².